The summed E-state index contributed by atoms with van der Waals surface area (Å²) >= 11 is 1.02. The van der Waals surface area contributed by atoms with Crippen LogP contribution in [0.25, 0.3) is 0 Å². The normalized spacial score (nSPS) is 29.0. The molecule has 2 aliphatic rings. The molecular formula is C9H11N3O4S. The smallest absolute Gasteiger partial charge is 0.279 e. The third-order valence-corrected chi connectivity index (χ3v) is 3.56. The van der Waals surface area contributed by atoms with Crippen molar-refractivity contribution in [2.75, 3.05) is 12.3 Å². The lowest BCUT2D eigenvalue weighted by Crippen LogP contribution is -2.61. The van der Waals surface area contributed by atoms with Gasteiger partial charge in [0.05, 0.1) is 0 Å². The fraction of sp³-hybridized carbons (Fsp3) is 0.556. The van der Waals surface area contributed by atoms with Crippen LogP contribution in [0, 0.1) is 0 Å². The third-order valence-electron chi connectivity index (χ3n) is 2.68. The van der Waals surface area contributed by atoms with E-state index in [1.807, 2.05) is 0 Å². The van der Waals surface area contributed by atoms with Crippen molar-refractivity contribution in [3.8, 4) is 0 Å². The highest BCUT2D eigenvalue weighted by Gasteiger charge is 2.39. The first-order chi connectivity index (χ1) is 7.99. The van der Waals surface area contributed by atoms with E-state index >= 15 is 0 Å². The first kappa shape index (κ1) is 11.9. The van der Waals surface area contributed by atoms with Crippen molar-refractivity contribution in [2.24, 2.45) is 0 Å². The third kappa shape index (κ3) is 2.26. The topological polar surface area (TPSA) is 95.6 Å². The molecule has 0 bridgehead atoms. The van der Waals surface area contributed by atoms with Crippen LogP contribution in [0.15, 0.2) is 0 Å². The minimum Gasteiger partial charge on any atom is -0.334 e. The molecule has 0 radical (unpaired) electrons. The van der Waals surface area contributed by atoms with Crippen LogP contribution in [-0.2, 0) is 14.4 Å². The zero-order chi connectivity index (χ0) is 12.6. The van der Waals surface area contributed by atoms with Crippen LogP contribution in [0.1, 0.15) is 6.92 Å². The van der Waals surface area contributed by atoms with E-state index < -0.39 is 23.9 Å². The maximum absolute atomic E-state index is 12.0. The van der Waals surface area contributed by atoms with Crippen LogP contribution in [0.5, 0.6) is 0 Å². The maximum atomic E-state index is 12.0. The summed E-state index contributed by atoms with van der Waals surface area (Å²) in [6, 6.07) is -1.34. The maximum Gasteiger partial charge on any atom is 0.279 e. The highest BCUT2D eigenvalue weighted by molar-refractivity contribution is 8.14. The van der Waals surface area contributed by atoms with Gasteiger partial charge in [-0.05, 0) is 6.92 Å². The summed E-state index contributed by atoms with van der Waals surface area (Å²) < 4.78 is 0. The van der Waals surface area contributed by atoms with E-state index in [2.05, 4.69) is 10.6 Å². The highest BCUT2D eigenvalue weighted by Crippen LogP contribution is 2.16. The molecule has 4 amide bonds. The molecule has 2 atom stereocenters. The summed E-state index contributed by atoms with van der Waals surface area (Å²) in [7, 11) is 0. The second kappa shape index (κ2) is 4.36. The minimum absolute atomic E-state index is 0.150. The quantitative estimate of drug-likeness (QED) is 0.568. The number of nitrogens with zero attached hydrogens (tertiary/aromatic N) is 1. The molecule has 0 spiro atoms. The Bertz CT molecular complexity index is 411. The highest BCUT2D eigenvalue weighted by atomic mass is 32.2. The monoisotopic (exact) mass is 257 g/mol. The lowest BCUT2D eigenvalue weighted by atomic mass is 10.1. The van der Waals surface area contributed by atoms with E-state index in [0.29, 0.717) is 5.75 Å². The molecule has 2 fully saturated rings. The van der Waals surface area contributed by atoms with Gasteiger partial charge in [0, 0.05) is 5.75 Å². The van der Waals surface area contributed by atoms with Gasteiger partial charge < -0.3 is 10.2 Å². The van der Waals surface area contributed by atoms with E-state index in [4.69, 9.17) is 0 Å². The summed E-state index contributed by atoms with van der Waals surface area (Å²) in [5.74, 6) is -1.06. The number of carbonyl (C=O) groups excluding carboxylic acids is 4. The molecule has 2 rings (SSSR count). The number of imide groups is 1. The molecule has 92 valence electrons. The first-order valence-electron chi connectivity index (χ1n) is 5.06. The number of rotatable bonds is 1. The molecule has 2 aliphatic heterocycles. The van der Waals surface area contributed by atoms with Gasteiger partial charge in [0.1, 0.15) is 18.6 Å². The Morgan fingerprint density at radius 3 is 2.71 bits per heavy atom. The largest absolute Gasteiger partial charge is 0.334 e. The average Bonchev–Trinajstić information content (AvgIpc) is 2.69. The molecule has 0 aromatic heterocycles. The summed E-state index contributed by atoms with van der Waals surface area (Å²) in [4.78, 5) is 46.8. The summed E-state index contributed by atoms with van der Waals surface area (Å²) in [6.45, 7) is 1.40. The first-order valence-corrected chi connectivity index (χ1v) is 6.05. The van der Waals surface area contributed by atoms with Crippen LogP contribution in [-0.4, -0.2) is 52.2 Å². The van der Waals surface area contributed by atoms with Crippen LogP contribution >= 0.6 is 11.8 Å². The molecule has 2 heterocycles. The molecule has 0 aromatic carbocycles. The van der Waals surface area contributed by atoms with Gasteiger partial charge in [0.2, 0.25) is 17.7 Å². The lowest BCUT2D eigenvalue weighted by Gasteiger charge is -2.33. The van der Waals surface area contributed by atoms with Gasteiger partial charge in [-0.15, -0.1) is 0 Å². The van der Waals surface area contributed by atoms with Gasteiger partial charge in [-0.2, -0.15) is 0 Å². The molecule has 2 saturated heterocycles. The molecular weight excluding hydrogens is 246 g/mol. The Labute approximate surface area is 101 Å². The van der Waals surface area contributed by atoms with Crippen LogP contribution in [0.3, 0.4) is 0 Å². The van der Waals surface area contributed by atoms with Crippen molar-refractivity contribution < 1.29 is 19.2 Å². The van der Waals surface area contributed by atoms with Gasteiger partial charge in [0.15, 0.2) is 0 Å². The molecule has 8 heteroatoms. The Balaban J connectivity index is 2.10. The molecule has 0 aliphatic carbocycles. The number of thioether (sulfide) groups is 1. The van der Waals surface area contributed by atoms with Crippen molar-refractivity contribution >= 4 is 34.7 Å². The Hall–Kier alpha value is -1.57. The second-order valence-electron chi connectivity index (χ2n) is 3.85. The van der Waals surface area contributed by atoms with Crippen molar-refractivity contribution in [3.63, 3.8) is 0 Å². The van der Waals surface area contributed by atoms with Gasteiger partial charge in [-0.1, -0.05) is 11.8 Å². The van der Waals surface area contributed by atoms with Crippen LogP contribution < -0.4 is 10.6 Å². The average molecular weight is 257 g/mol. The van der Waals surface area contributed by atoms with E-state index in [-0.39, 0.29) is 17.7 Å². The number of nitrogens with one attached hydrogen (secondary N) is 2. The SMILES string of the molecule is CC1C(=O)NC(=O)CN1C(=O)C1CSC(=O)N1. The van der Waals surface area contributed by atoms with Crippen molar-refractivity contribution in [1.82, 2.24) is 15.5 Å². The van der Waals surface area contributed by atoms with E-state index in [0.717, 1.165) is 11.8 Å². The lowest BCUT2D eigenvalue weighted by molar-refractivity contribution is -0.149. The van der Waals surface area contributed by atoms with Crippen LogP contribution in [0.4, 0.5) is 4.79 Å². The molecule has 0 saturated carbocycles. The number of carbonyl (C=O) groups is 4. The van der Waals surface area contributed by atoms with E-state index in [9.17, 15) is 19.2 Å². The Morgan fingerprint density at radius 2 is 2.12 bits per heavy atom. The molecule has 17 heavy (non-hydrogen) atoms. The van der Waals surface area contributed by atoms with Crippen molar-refractivity contribution in [2.45, 2.75) is 19.0 Å². The van der Waals surface area contributed by atoms with E-state index in [1.54, 1.807) is 6.92 Å². The van der Waals surface area contributed by atoms with Gasteiger partial charge in [-0.25, -0.2) is 0 Å². The fourth-order valence-corrected chi connectivity index (χ4v) is 2.47. The standard InChI is InChI=1S/C9H11N3O4S/c1-4-7(14)11-6(13)2-12(4)8(15)5-3-17-9(16)10-5/h4-5H,2-3H2,1H3,(H,10,16)(H,11,13,14). The summed E-state index contributed by atoms with van der Waals surface area (Å²) in [5, 5.41) is 4.38. The van der Waals surface area contributed by atoms with Crippen LogP contribution in [0.2, 0.25) is 0 Å². The van der Waals surface area contributed by atoms with Crippen molar-refractivity contribution in [1.29, 1.82) is 0 Å². The second-order valence-corrected chi connectivity index (χ2v) is 4.84. The minimum atomic E-state index is -0.692. The molecule has 2 unspecified atom stereocenters. The van der Waals surface area contributed by atoms with E-state index in [1.165, 1.54) is 4.90 Å². The number of amides is 4. The Morgan fingerprint density at radius 1 is 1.41 bits per heavy atom. The number of piperazine rings is 1. The summed E-state index contributed by atoms with van der Waals surface area (Å²) in [6.07, 6.45) is 0. The molecule has 0 aromatic rings. The predicted molar refractivity (Wildman–Crippen MR) is 59.1 cm³/mol. The fourth-order valence-electron chi connectivity index (χ4n) is 1.70. The van der Waals surface area contributed by atoms with Crippen molar-refractivity contribution in [3.05, 3.63) is 0 Å². The summed E-state index contributed by atoms with van der Waals surface area (Å²) in [5.41, 5.74) is 0. The molecule has 2 N–H and O–H groups in total. The number of hydrogen-bond donors (Lipinski definition) is 2. The molecule has 7 nitrogen and oxygen atoms in total. The van der Waals surface area contributed by atoms with Gasteiger partial charge in [-0.3, -0.25) is 24.5 Å². The van der Waals surface area contributed by atoms with Gasteiger partial charge >= 0.3 is 0 Å². The number of hydrogen-bond acceptors (Lipinski definition) is 5. The Kier molecular flexibility index (Phi) is 3.05. The predicted octanol–water partition coefficient (Wildman–Crippen LogP) is -1.32. The zero-order valence-corrected chi connectivity index (χ0v) is 9.87. The van der Waals surface area contributed by atoms with Gasteiger partial charge in [0.25, 0.3) is 5.24 Å². The zero-order valence-electron chi connectivity index (χ0n) is 9.06.